The van der Waals surface area contributed by atoms with E-state index in [1.165, 1.54) is 11.9 Å². The molecule has 0 amide bonds. The van der Waals surface area contributed by atoms with Gasteiger partial charge in [0.15, 0.2) is 5.82 Å². The van der Waals surface area contributed by atoms with Gasteiger partial charge in [-0.15, -0.1) is 0 Å². The first-order chi connectivity index (χ1) is 9.75. The second-order valence-electron chi connectivity index (χ2n) is 4.48. The summed E-state index contributed by atoms with van der Waals surface area (Å²) in [6, 6.07) is 3.85. The molecule has 0 unspecified atom stereocenters. The number of aryl methyl sites for hydroxylation is 2. The lowest BCUT2D eigenvalue weighted by atomic mass is 10.2. The zero-order valence-corrected chi connectivity index (χ0v) is 11.3. The maximum atomic E-state index is 4.34. The zero-order valence-electron chi connectivity index (χ0n) is 11.3. The summed E-state index contributed by atoms with van der Waals surface area (Å²) in [5.41, 5.74) is 4.14. The van der Waals surface area contributed by atoms with E-state index in [0.29, 0.717) is 6.54 Å². The number of nitrogens with zero attached hydrogens (tertiary/aromatic N) is 5. The average molecular weight is 269 g/mol. The van der Waals surface area contributed by atoms with E-state index in [9.17, 15) is 0 Å². The van der Waals surface area contributed by atoms with Gasteiger partial charge in [0.05, 0.1) is 11.4 Å². The summed E-state index contributed by atoms with van der Waals surface area (Å²) >= 11 is 0. The minimum absolute atomic E-state index is 0.682. The lowest BCUT2D eigenvalue weighted by molar-refractivity contribution is 0.844. The number of hydrogen-bond acceptors (Lipinski definition) is 5. The molecule has 0 atom stereocenters. The Morgan fingerprint density at radius 3 is 2.95 bits per heavy atom. The van der Waals surface area contributed by atoms with Gasteiger partial charge in [-0.25, -0.2) is 14.6 Å². The van der Waals surface area contributed by atoms with Gasteiger partial charge in [-0.2, -0.15) is 10.2 Å². The molecular formula is C13H15N7. The third-order valence-corrected chi connectivity index (χ3v) is 3.16. The summed E-state index contributed by atoms with van der Waals surface area (Å²) in [6.07, 6.45) is 4.85. The Bertz CT molecular complexity index is 680. The summed E-state index contributed by atoms with van der Waals surface area (Å²) < 4.78 is 1.64. The first-order valence-electron chi connectivity index (χ1n) is 6.30. The minimum Gasteiger partial charge on any atom is -0.378 e. The number of H-pyrrole nitrogens is 1. The van der Waals surface area contributed by atoms with E-state index < -0.39 is 0 Å². The largest absolute Gasteiger partial charge is 0.378 e. The molecule has 3 aromatic heterocycles. The van der Waals surface area contributed by atoms with E-state index in [4.69, 9.17) is 0 Å². The Labute approximate surface area is 116 Å². The van der Waals surface area contributed by atoms with Gasteiger partial charge in [0.2, 0.25) is 0 Å². The van der Waals surface area contributed by atoms with Crippen LogP contribution >= 0.6 is 0 Å². The number of aromatic nitrogens is 6. The molecule has 0 fully saturated rings. The third-order valence-electron chi connectivity index (χ3n) is 3.16. The van der Waals surface area contributed by atoms with E-state index in [2.05, 4.69) is 30.6 Å². The van der Waals surface area contributed by atoms with Crippen molar-refractivity contribution in [1.82, 2.24) is 29.9 Å². The molecule has 7 heteroatoms. The molecule has 102 valence electrons. The van der Waals surface area contributed by atoms with Gasteiger partial charge in [-0.3, -0.25) is 5.10 Å². The Morgan fingerprint density at radius 2 is 2.25 bits per heavy atom. The zero-order chi connectivity index (χ0) is 13.9. The van der Waals surface area contributed by atoms with Crippen LogP contribution in [-0.2, 0) is 6.54 Å². The van der Waals surface area contributed by atoms with Crippen molar-refractivity contribution in [3.05, 3.63) is 47.9 Å². The molecule has 7 nitrogen and oxygen atoms in total. The van der Waals surface area contributed by atoms with Crippen LogP contribution in [0.15, 0.2) is 31.0 Å². The van der Waals surface area contributed by atoms with Crippen LogP contribution in [0.2, 0.25) is 0 Å². The maximum Gasteiger partial charge on any atom is 0.178 e. The molecule has 0 bridgehead atoms. The molecular weight excluding hydrogens is 254 g/mol. The van der Waals surface area contributed by atoms with Gasteiger partial charge in [0, 0.05) is 24.0 Å². The lowest BCUT2D eigenvalue weighted by Crippen LogP contribution is -2.07. The Morgan fingerprint density at radius 1 is 1.35 bits per heavy atom. The highest BCUT2D eigenvalue weighted by atomic mass is 15.3. The van der Waals surface area contributed by atoms with Crippen LogP contribution < -0.4 is 5.32 Å². The summed E-state index contributed by atoms with van der Waals surface area (Å²) in [6.45, 7) is 4.68. The Balaban J connectivity index is 1.85. The summed E-state index contributed by atoms with van der Waals surface area (Å²) in [5.74, 6) is 0.726. The van der Waals surface area contributed by atoms with Gasteiger partial charge in [-0.1, -0.05) is 0 Å². The molecule has 0 spiro atoms. The standard InChI is InChI=1S/C13H15N7/c1-9-11(10(2)19-18-9)6-16-12-4-3-5-15-13(12)20-8-14-7-17-20/h3-5,7-8,16H,6H2,1-2H3,(H,18,19). The summed E-state index contributed by atoms with van der Waals surface area (Å²) in [7, 11) is 0. The molecule has 0 aliphatic heterocycles. The summed E-state index contributed by atoms with van der Waals surface area (Å²) in [5, 5.41) is 14.7. The lowest BCUT2D eigenvalue weighted by Gasteiger charge is -2.10. The van der Waals surface area contributed by atoms with Crippen LogP contribution in [0.3, 0.4) is 0 Å². The first-order valence-corrected chi connectivity index (χ1v) is 6.30. The SMILES string of the molecule is Cc1n[nH]c(C)c1CNc1cccnc1-n1cncn1. The normalized spacial score (nSPS) is 10.7. The predicted octanol–water partition coefficient (Wildman–Crippen LogP) is 1.61. The molecule has 20 heavy (non-hydrogen) atoms. The monoisotopic (exact) mass is 269 g/mol. The fraction of sp³-hybridized carbons (Fsp3) is 0.231. The Hall–Kier alpha value is -2.70. The molecule has 3 heterocycles. The average Bonchev–Trinajstić information content (AvgIpc) is 3.09. The number of hydrogen-bond donors (Lipinski definition) is 2. The topological polar surface area (TPSA) is 84.3 Å². The fourth-order valence-electron chi connectivity index (χ4n) is 2.05. The molecule has 0 aromatic carbocycles. The van der Waals surface area contributed by atoms with Crippen LogP contribution in [0.4, 0.5) is 5.69 Å². The number of anilines is 1. The van der Waals surface area contributed by atoms with Gasteiger partial charge in [-0.05, 0) is 26.0 Å². The van der Waals surface area contributed by atoms with Crippen molar-refractivity contribution in [3.8, 4) is 5.82 Å². The molecule has 0 aliphatic rings. The van der Waals surface area contributed by atoms with Gasteiger partial charge in [0.1, 0.15) is 12.7 Å². The van der Waals surface area contributed by atoms with E-state index in [1.807, 2.05) is 26.0 Å². The van der Waals surface area contributed by atoms with Crippen LogP contribution in [0.25, 0.3) is 5.82 Å². The first kappa shape index (κ1) is 12.3. The van der Waals surface area contributed by atoms with Crippen LogP contribution in [0.1, 0.15) is 17.0 Å². The highest BCUT2D eigenvalue weighted by Gasteiger charge is 2.09. The van der Waals surface area contributed by atoms with Crippen molar-refractivity contribution in [2.24, 2.45) is 0 Å². The fourth-order valence-corrected chi connectivity index (χ4v) is 2.05. The van der Waals surface area contributed by atoms with Crippen molar-refractivity contribution in [3.63, 3.8) is 0 Å². The van der Waals surface area contributed by atoms with Crippen molar-refractivity contribution in [2.75, 3.05) is 5.32 Å². The molecule has 2 N–H and O–H groups in total. The highest BCUT2D eigenvalue weighted by Crippen LogP contribution is 2.18. The van der Waals surface area contributed by atoms with Gasteiger partial charge >= 0.3 is 0 Å². The molecule has 0 radical (unpaired) electrons. The number of aromatic amines is 1. The molecule has 3 rings (SSSR count). The van der Waals surface area contributed by atoms with Crippen molar-refractivity contribution < 1.29 is 0 Å². The highest BCUT2D eigenvalue weighted by molar-refractivity contribution is 5.56. The maximum absolute atomic E-state index is 4.34. The number of nitrogens with one attached hydrogen (secondary N) is 2. The second-order valence-corrected chi connectivity index (χ2v) is 4.48. The van der Waals surface area contributed by atoms with E-state index in [0.717, 1.165) is 22.9 Å². The molecule has 0 saturated carbocycles. The quantitative estimate of drug-likeness (QED) is 0.751. The number of rotatable bonds is 4. The van der Waals surface area contributed by atoms with Crippen LogP contribution in [0, 0.1) is 13.8 Å². The van der Waals surface area contributed by atoms with Gasteiger partial charge < -0.3 is 5.32 Å². The van der Waals surface area contributed by atoms with Crippen molar-refractivity contribution in [2.45, 2.75) is 20.4 Å². The van der Waals surface area contributed by atoms with E-state index in [1.54, 1.807) is 17.2 Å². The minimum atomic E-state index is 0.682. The van der Waals surface area contributed by atoms with E-state index in [-0.39, 0.29) is 0 Å². The van der Waals surface area contributed by atoms with Crippen molar-refractivity contribution >= 4 is 5.69 Å². The number of pyridine rings is 1. The van der Waals surface area contributed by atoms with E-state index >= 15 is 0 Å². The molecule has 0 saturated heterocycles. The summed E-state index contributed by atoms with van der Waals surface area (Å²) in [4.78, 5) is 8.29. The van der Waals surface area contributed by atoms with Gasteiger partial charge in [0.25, 0.3) is 0 Å². The van der Waals surface area contributed by atoms with Crippen LogP contribution in [0.5, 0.6) is 0 Å². The molecule has 0 aliphatic carbocycles. The second kappa shape index (κ2) is 5.12. The predicted molar refractivity (Wildman–Crippen MR) is 74.5 cm³/mol. The Kier molecular flexibility index (Phi) is 3.16. The molecule has 3 aromatic rings. The third kappa shape index (κ3) is 2.25. The van der Waals surface area contributed by atoms with Crippen LogP contribution in [-0.4, -0.2) is 29.9 Å². The van der Waals surface area contributed by atoms with Crippen molar-refractivity contribution in [1.29, 1.82) is 0 Å². The smallest absolute Gasteiger partial charge is 0.178 e.